The van der Waals surface area contributed by atoms with Crippen molar-refractivity contribution in [2.24, 2.45) is 5.41 Å². The third-order valence-electron chi connectivity index (χ3n) is 3.72. The fourth-order valence-electron chi connectivity index (χ4n) is 2.62. The second-order valence-corrected chi connectivity index (χ2v) is 4.74. The van der Waals surface area contributed by atoms with Gasteiger partial charge in [-0.1, -0.05) is 24.3 Å². The summed E-state index contributed by atoms with van der Waals surface area (Å²) in [5.74, 6) is 1.85. The third-order valence-corrected chi connectivity index (χ3v) is 3.72. The first-order valence-electron chi connectivity index (χ1n) is 5.92. The molecule has 0 fully saturated rings. The highest BCUT2D eigenvalue weighted by Crippen LogP contribution is 2.39. The van der Waals surface area contributed by atoms with Gasteiger partial charge in [-0.2, -0.15) is 0 Å². The first-order chi connectivity index (χ1) is 8.18. The average molecular weight is 228 g/mol. The first kappa shape index (κ1) is 11.7. The Morgan fingerprint density at radius 2 is 2.12 bits per heavy atom. The largest absolute Gasteiger partial charge is 0.481 e. The van der Waals surface area contributed by atoms with Crippen LogP contribution in [0.15, 0.2) is 24.3 Å². The zero-order chi connectivity index (χ0) is 12.3. The Labute approximate surface area is 102 Å². The van der Waals surface area contributed by atoms with Gasteiger partial charge in [-0.15, -0.1) is 12.3 Å². The summed E-state index contributed by atoms with van der Waals surface area (Å²) in [6, 6.07) is 8.09. The molecule has 1 aromatic carbocycles. The molecular formula is C15H16O2. The molecule has 0 amide bonds. The third kappa shape index (κ3) is 2.19. The van der Waals surface area contributed by atoms with Crippen LogP contribution in [0.4, 0.5) is 0 Å². The molecule has 0 saturated carbocycles. The molecule has 88 valence electrons. The number of terminal acetylenes is 1. The minimum Gasteiger partial charge on any atom is -0.481 e. The molecule has 0 aliphatic heterocycles. The lowest BCUT2D eigenvalue weighted by atomic mass is 9.69. The van der Waals surface area contributed by atoms with Crippen molar-refractivity contribution >= 4 is 5.97 Å². The number of carboxylic acids is 1. The van der Waals surface area contributed by atoms with Crippen LogP contribution in [0.5, 0.6) is 0 Å². The van der Waals surface area contributed by atoms with Crippen molar-refractivity contribution in [3.63, 3.8) is 0 Å². The molecule has 0 bridgehead atoms. The molecule has 0 saturated heterocycles. The van der Waals surface area contributed by atoms with E-state index in [9.17, 15) is 9.90 Å². The van der Waals surface area contributed by atoms with E-state index in [1.807, 2.05) is 18.2 Å². The zero-order valence-corrected chi connectivity index (χ0v) is 9.78. The normalized spacial score (nSPS) is 22.5. The molecule has 2 rings (SSSR count). The van der Waals surface area contributed by atoms with Crippen LogP contribution < -0.4 is 0 Å². The van der Waals surface area contributed by atoms with Gasteiger partial charge < -0.3 is 5.11 Å². The molecule has 1 atom stereocenters. The summed E-state index contributed by atoms with van der Waals surface area (Å²) in [5, 5.41) is 9.47. The summed E-state index contributed by atoms with van der Waals surface area (Å²) in [7, 11) is 0. The van der Waals surface area contributed by atoms with Gasteiger partial charge in [-0.25, -0.2) is 0 Å². The zero-order valence-electron chi connectivity index (χ0n) is 9.78. The molecule has 0 spiro atoms. The molecule has 0 aromatic heterocycles. The number of carbonyl (C=O) groups is 1. The second kappa shape index (κ2) is 4.63. The molecule has 1 unspecified atom stereocenters. The van der Waals surface area contributed by atoms with Gasteiger partial charge in [0.15, 0.2) is 0 Å². The van der Waals surface area contributed by atoms with E-state index in [1.165, 1.54) is 5.56 Å². The fraction of sp³-hybridized carbons (Fsp3) is 0.400. The van der Waals surface area contributed by atoms with E-state index in [1.54, 1.807) is 0 Å². The summed E-state index contributed by atoms with van der Waals surface area (Å²) in [6.07, 6.45) is 8.52. The Morgan fingerprint density at radius 3 is 2.76 bits per heavy atom. The van der Waals surface area contributed by atoms with E-state index >= 15 is 0 Å². The van der Waals surface area contributed by atoms with Crippen molar-refractivity contribution in [2.75, 3.05) is 0 Å². The molecule has 1 aromatic rings. The maximum atomic E-state index is 11.5. The lowest BCUT2D eigenvalue weighted by Crippen LogP contribution is -2.37. The minimum atomic E-state index is -0.706. The van der Waals surface area contributed by atoms with Crippen LogP contribution in [-0.2, 0) is 17.6 Å². The van der Waals surface area contributed by atoms with E-state index in [4.69, 9.17) is 6.42 Å². The Morgan fingerprint density at radius 1 is 1.41 bits per heavy atom. The van der Waals surface area contributed by atoms with Crippen molar-refractivity contribution in [2.45, 2.75) is 32.1 Å². The smallest absolute Gasteiger partial charge is 0.310 e. The second-order valence-electron chi connectivity index (χ2n) is 4.74. The Kier molecular flexibility index (Phi) is 3.19. The number of fused-ring (bicyclic) bond motifs is 1. The molecule has 1 N–H and O–H groups in total. The molecule has 2 nitrogen and oxygen atoms in total. The van der Waals surface area contributed by atoms with Crippen LogP contribution in [0.2, 0.25) is 0 Å². The van der Waals surface area contributed by atoms with Crippen molar-refractivity contribution in [3.05, 3.63) is 35.4 Å². The summed E-state index contributed by atoms with van der Waals surface area (Å²) >= 11 is 0. The number of benzene rings is 1. The van der Waals surface area contributed by atoms with Gasteiger partial charge in [0, 0.05) is 6.42 Å². The SMILES string of the molecule is C#CCCC1(C(=O)O)CCc2ccccc2C1. The van der Waals surface area contributed by atoms with Crippen LogP contribution in [0.25, 0.3) is 0 Å². The summed E-state index contributed by atoms with van der Waals surface area (Å²) in [5.41, 5.74) is 1.80. The van der Waals surface area contributed by atoms with E-state index < -0.39 is 11.4 Å². The van der Waals surface area contributed by atoms with Gasteiger partial charge in [0.2, 0.25) is 0 Å². The number of aryl methyl sites for hydroxylation is 1. The van der Waals surface area contributed by atoms with E-state index in [2.05, 4.69) is 12.0 Å². The van der Waals surface area contributed by atoms with Gasteiger partial charge in [0.05, 0.1) is 5.41 Å². The number of rotatable bonds is 3. The summed E-state index contributed by atoms with van der Waals surface area (Å²) < 4.78 is 0. The molecular weight excluding hydrogens is 212 g/mol. The molecule has 2 heteroatoms. The predicted octanol–water partition coefficient (Wildman–Crippen LogP) is 2.66. The number of carboxylic acid groups (broad SMARTS) is 1. The predicted molar refractivity (Wildman–Crippen MR) is 66.6 cm³/mol. The fourth-order valence-corrected chi connectivity index (χ4v) is 2.62. The van der Waals surface area contributed by atoms with Crippen LogP contribution in [0.3, 0.4) is 0 Å². The molecule has 1 aliphatic rings. The van der Waals surface area contributed by atoms with Crippen molar-refractivity contribution in [1.29, 1.82) is 0 Å². The molecule has 0 heterocycles. The van der Waals surface area contributed by atoms with Crippen LogP contribution in [-0.4, -0.2) is 11.1 Å². The summed E-state index contributed by atoms with van der Waals surface area (Å²) in [4.78, 5) is 11.5. The summed E-state index contributed by atoms with van der Waals surface area (Å²) in [6.45, 7) is 0. The maximum Gasteiger partial charge on any atom is 0.310 e. The molecule has 17 heavy (non-hydrogen) atoms. The highest BCUT2D eigenvalue weighted by molar-refractivity contribution is 5.75. The van der Waals surface area contributed by atoms with Gasteiger partial charge in [0.25, 0.3) is 0 Å². The van der Waals surface area contributed by atoms with Gasteiger partial charge >= 0.3 is 5.97 Å². The number of hydrogen-bond donors (Lipinski definition) is 1. The van der Waals surface area contributed by atoms with E-state index in [0.29, 0.717) is 25.7 Å². The highest BCUT2D eigenvalue weighted by atomic mass is 16.4. The standard InChI is InChI=1S/C15H16O2/c1-2-3-9-15(14(16)17)10-8-12-6-4-5-7-13(12)11-15/h1,4-7H,3,8-11H2,(H,16,17). The highest BCUT2D eigenvalue weighted by Gasteiger charge is 2.40. The lowest BCUT2D eigenvalue weighted by Gasteiger charge is -2.34. The van der Waals surface area contributed by atoms with Gasteiger partial charge in [0.1, 0.15) is 0 Å². The van der Waals surface area contributed by atoms with Crippen molar-refractivity contribution < 1.29 is 9.90 Å². The van der Waals surface area contributed by atoms with E-state index in [0.717, 1.165) is 12.0 Å². The van der Waals surface area contributed by atoms with Crippen LogP contribution in [0, 0.1) is 17.8 Å². The van der Waals surface area contributed by atoms with Crippen LogP contribution in [0.1, 0.15) is 30.4 Å². The quantitative estimate of drug-likeness (QED) is 0.807. The first-order valence-corrected chi connectivity index (χ1v) is 5.92. The minimum absolute atomic E-state index is 0.536. The van der Waals surface area contributed by atoms with Crippen molar-refractivity contribution in [3.8, 4) is 12.3 Å². The average Bonchev–Trinajstić information content (AvgIpc) is 2.36. The molecule has 0 radical (unpaired) electrons. The monoisotopic (exact) mass is 228 g/mol. The van der Waals surface area contributed by atoms with E-state index in [-0.39, 0.29) is 0 Å². The lowest BCUT2D eigenvalue weighted by molar-refractivity contribution is -0.150. The van der Waals surface area contributed by atoms with Crippen LogP contribution >= 0.6 is 0 Å². The number of hydrogen-bond acceptors (Lipinski definition) is 1. The Bertz CT molecular complexity index is 470. The molecule has 1 aliphatic carbocycles. The van der Waals surface area contributed by atoms with Crippen molar-refractivity contribution in [1.82, 2.24) is 0 Å². The van der Waals surface area contributed by atoms with Gasteiger partial charge in [-0.05, 0) is 36.8 Å². The Hall–Kier alpha value is -1.75. The number of aliphatic carboxylic acids is 1. The Balaban J connectivity index is 2.28. The maximum absolute atomic E-state index is 11.5. The topological polar surface area (TPSA) is 37.3 Å². The van der Waals surface area contributed by atoms with Gasteiger partial charge in [-0.3, -0.25) is 4.79 Å².